The molecule has 5 rings (SSSR count). The number of nitrogens with zero attached hydrogens (tertiary/aromatic N) is 8. The quantitative estimate of drug-likeness (QED) is 0.540. The summed E-state index contributed by atoms with van der Waals surface area (Å²) in [5, 5.41) is 16.5. The van der Waals surface area contributed by atoms with E-state index in [9.17, 15) is 4.79 Å². The zero-order chi connectivity index (χ0) is 19.3. The third-order valence-electron chi connectivity index (χ3n) is 5.21. The lowest BCUT2D eigenvalue weighted by molar-refractivity contribution is 0.243. The topological polar surface area (TPSA) is 108 Å². The zero-order valence-corrected chi connectivity index (χ0v) is 16.4. The molecule has 1 fully saturated rings. The summed E-state index contributed by atoms with van der Waals surface area (Å²) in [5.41, 5.74) is 1.62. The Kier molecular flexibility index (Phi) is 4.05. The lowest BCUT2D eigenvalue weighted by Gasteiger charge is -2.34. The van der Waals surface area contributed by atoms with E-state index in [-0.39, 0.29) is 5.56 Å². The Morgan fingerprint density at radius 2 is 2.00 bits per heavy atom. The molecule has 0 aromatic carbocycles. The van der Waals surface area contributed by atoms with Gasteiger partial charge in [-0.2, -0.15) is 0 Å². The van der Waals surface area contributed by atoms with Crippen molar-refractivity contribution in [1.82, 2.24) is 40.1 Å². The molecule has 1 aliphatic rings. The number of nitrogens with one attached hydrogen (secondary N) is 1. The second-order valence-electron chi connectivity index (χ2n) is 6.96. The van der Waals surface area contributed by atoms with Crippen molar-refractivity contribution in [2.75, 3.05) is 31.1 Å². The lowest BCUT2D eigenvalue weighted by Crippen LogP contribution is -2.46. The van der Waals surface area contributed by atoms with Gasteiger partial charge in [0.25, 0.3) is 5.56 Å². The van der Waals surface area contributed by atoms with Gasteiger partial charge in [-0.25, -0.2) is 4.98 Å². The average Bonchev–Trinajstić information content (AvgIpc) is 3.26. The highest BCUT2D eigenvalue weighted by molar-refractivity contribution is 7.18. The lowest BCUT2D eigenvalue weighted by atomic mass is 10.2. The molecule has 1 aliphatic heterocycles. The van der Waals surface area contributed by atoms with Crippen molar-refractivity contribution in [1.29, 1.82) is 0 Å². The largest absolute Gasteiger partial charge is 0.353 e. The van der Waals surface area contributed by atoms with Crippen LogP contribution < -0.4 is 10.5 Å². The van der Waals surface area contributed by atoms with Crippen LogP contribution in [0.5, 0.6) is 0 Å². The maximum atomic E-state index is 12.5. The van der Waals surface area contributed by atoms with Gasteiger partial charge in [0.1, 0.15) is 10.7 Å². The Hall–Kier alpha value is -2.92. The van der Waals surface area contributed by atoms with Crippen LogP contribution in [-0.2, 0) is 6.54 Å². The number of H-pyrrole nitrogens is 1. The van der Waals surface area contributed by atoms with E-state index in [0.717, 1.165) is 58.5 Å². The van der Waals surface area contributed by atoms with E-state index in [4.69, 9.17) is 0 Å². The molecule has 0 atom stereocenters. The van der Waals surface area contributed by atoms with Crippen LogP contribution >= 0.6 is 11.3 Å². The fourth-order valence-electron chi connectivity index (χ4n) is 3.53. The normalized spacial score (nSPS) is 15.7. The highest BCUT2D eigenvalue weighted by atomic mass is 32.1. The maximum absolute atomic E-state index is 12.5. The van der Waals surface area contributed by atoms with Crippen molar-refractivity contribution >= 4 is 33.0 Å². The standard InChI is InChI=1S/C17H19N9OS/c1-10-11(2)28-17-15(10)16(27)18-12(19-17)9-24-5-7-25(8-6-24)14-4-3-13-20-22-23-26(13)21-14/h3-4H,5-9H2,1-2H3,(H,18,19,27). The number of hydrogen-bond donors (Lipinski definition) is 1. The zero-order valence-electron chi connectivity index (χ0n) is 15.6. The van der Waals surface area contributed by atoms with Crippen molar-refractivity contribution in [3.8, 4) is 0 Å². The molecule has 0 bridgehead atoms. The third-order valence-corrected chi connectivity index (χ3v) is 6.31. The first-order chi connectivity index (χ1) is 13.6. The Balaban J connectivity index is 1.29. The first-order valence-corrected chi connectivity index (χ1v) is 9.92. The number of piperazine rings is 1. The number of rotatable bonds is 3. The van der Waals surface area contributed by atoms with E-state index in [1.165, 1.54) is 4.63 Å². The van der Waals surface area contributed by atoms with Crippen LogP contribution in [-0.4, -0.2) is 66.3 Å². The van der Waals surface area contributed by atoms with Gasteiger partial charge in [0.2, 0.25) is 0 Å². The van der Waals surface area contributed by atoms with Gasteiger partial charge < -0.3 is 9.88 Å². The van der Waals surface area contributed by atoms with E-state index in [1.807, 2.05) is 26.0 Å². The molecule has 0 amide bonds. The fraction of sp³-hybridized carbons (Fsp3) is 0.412. The molecule has 0 saturated carbocycles. The number of anilines is 1. The summed E-state index contributed by atoms with van der Waals surface area (Å²) in [7, 11) is 0. The Labute approximate surface area is 163 Å². The van der Waals surface area contributed by atoms with Crippen LogP contribution in [0.2, 0.25) is 0 Å². The van der Waals surface area contributed by atoms with Crippen molar-refractivity contribution in [2.24, 2.45) is 0 Å². The molecule has 5 heterocycles. The highest BCUT2D eigenvalue weighted by Crippen LogP contribution is 2.25. The molecule has 11 heteroatoms. The summed E-state index contributed by atoms with van der Waals surface area (Å²) in [6, 6.07) is 3.80. The van der Waals surface area contributed by atoms with Crippen molar-refractivity contribution in [2.45, 2.75) is 20.4 Å². The minimum Gasteiger partial charge on any atom is -0.353 e. The van der Waals surface area contributed by atoms with Crippen molar-refractivity contribution in [3.05, 3.63) is 38.8 Å². The molecule has 144 valence electrons. The summed E-state index contributed by atoms with van der Waals surface area (Å²) in [5.74, 6) is 1.58. The van der Waals surface area contributed by atoms with Gasteiger partial charge in [0, 0.05) is 31.1 Å². The van der Waals surface area contributed by atoms with E-state index >= 15 is 0 Å². The SMILES string of the molecule is Cc1sc2nc(CN3CCN(c4ccc5nnnn5n4)CC3)[nH]c(=O)c2c1C. The number of fused-ring (bicyclic) bond motifs is 2. The Bertz CT molecular complexity index is 1220. The van der Waals surface area contributed by atoms with E-state index in [1.54, 1.807) is 11.3 Å². The first kappa shape index (κ1) is 17.2. The summed E-state index contributed by atoms with van der Waals surface area (Å²) >= 11 is 1.58. The van der Waals surface area contributed by atoms with Crippen molar-refractivity contribution in [3.63, 3.8) is 0 Å². The van der Waals surface area contributed by atoms with Gasteiger partial charge in [-0.1, -0.05) is 0 Å². The molecule has 4 aromatic heterocycles. The number of aryl methyl sites for hydroxylation is 2. The van der Waals surface area contributed by atoms with E-state index in [2.05, 4.69) is 40.4 Å². The second-order valence-corrected chi connectivity index (χ2v) is 8.16. The summed E-state index contributed by atoms with van der Waals surface area (Å²) in [6.07, 6.45) is 0. The minimum atomic E-state index is -0.0422. The average molecular weight is 397 g/mol. The molecule has 4 aromatic rings. The third kappa shape index (κ3) is 2.92. The molecular weight excluding hydrogens is 378 g/mol. The van der Waals surface area contributed by atoms with Crippen LogP contribution in [0, 0.1) is 13.8 Å². The van der Waals surface area contributed by atoms with Gasteiger partial charge in [-0.05, 0) is 42.0 Å². The highest BCUT2D eigenvalue weighted by Gasteiger charge is 2.20. The van der Waals surface area contributed by atoms with Gasteiger partial charge in [-0.3, -0.25) is 9.69 Å². The number of aromatic amines is 1. The van der Waals surface area contributed by atoms with Crippen LogP contribution in [0.3, 0.4) is 0 Å². The molecule has 28 heavy (non-hydrogen) atoms. The Morgan fingerprint density at radius 1 is 1.18 bits per heavy atom. The first-order valence-electron chi connectivity index (χ1n) is 9.10. The van der Waals surface area contributed by atoms with Crippen LogP contribution in [0.4, 0.5) is 5.82 Å². The predicted molar refractivity (Wildman–Crippen MR) is 106 cm³/mol. The molecule has 0 unspecified atom stereocenters. The van der Waals surface area contributed by atoms with Gasteiger partial charge in [0.15, 0.2) is 11.5 Å². The minimum absolute atomic E-state index is 0.0422. The maximum Gasteiger partial charge on any atom is 0.259 e. The predicted octanol–water partition coefficient (Wildman–Crippen LogP) is 0.756. The van der Waals surface area contributed by atoms with Crippen LogP contribution in [0.25, 0.3) is 15.9 Å². The Morgan fingerprint density at radius 3 is 2.82 bits per heavy atom. The molecule has 0 spiro atoms. The van der Waals surface area contributed by atoms with Gasteiger partial charge in [0.05, 0.1) is 11.9 Å². The molecule has 1 N–H and O–H groups in total. The van der Waals surface area contributed by atoms with Crippen molar-refractivity contribution < 1.29 is 0 Å². The fourth-order valence-corrected chi connectivity index (χ4v) is 4.58. The van der Waals surface area contributed by atoms with Crippen LogP contribution in [0.15, 0.2) is 16.9 Å². The monoisotopic (exact) mass is 397 g/mol. The molecule has 1 saturated heterocycles. The van der Waals surface area contributed by atoms with E-state index in [0.29, 0.717) is 12.2 Å². The second kappa shape index (κ2) is 6.60. The molecule has 10 nitrogen and oxygen atoms in total. The van der Waals surface area contributed by atoms with E-state index < -0.39 is 0 Å². The number of hydrogen-bond acceptors (Lipinski definition) is 9. The number of thiophene rings is 1. The molecule has 0 radical (unpaired) electrons. The number of tetrazole rings is 1. The molecule has 0 aliphatic carbocycles. The smallest absolute Gasteiger partial charge is 0.259 e. The summed E-state index contributed by atoms with van der Waals surface area (Å²) < 4.78 is 1.44. The summed E-state index contributed by atoms with van der Waals surface area (Å²) in [6.45, 7) is 8.04. The summed E-state index contributed by atoms with van der Waals surface area (Å²) in [4.78, 5) is 26.6. The molecular formula is C17H19N9OS. The van der Waals surface area contributed by atoms with Gasteiger partial charge in [-0.15, -0.1) is 26.2 Å². The van der Waals surface area contributed by atoms with Crippen LogP contribution in [0.1, 0.15) is 16.3 Å². The number of aromatic nitrogens is 7. The van der Waals surface area contributed by atoms with Gasteiger partial charge >= 0.3 is 0 Å².